The van der Waals surface area contributed by atoms with Crippen LogP contribution in [0.15, 0.2) is 30.5 Å². The molecule has 2 aromatic rings. The molecule has 2 rings (SSSR count). The van der Waals surface area contributed by atoms with Gasteiger partial charge in [0.05, 0.1) is 12.2 Å². The van der Waals surface area contributed by atoms with Crippen LogP contribution in [0.5, 0.6) is 0 Å². The van der Waals surface area contributed by atoms with E-state index in [4.69, 9.17) is 5.84 Å². The number of rotatable bonds is 5. The number of benzene rings is 1. The van der Waals surface area contributed by atoms with Crippen LogP contribution in [0.3, 0.4) is 0 Å². The largest absolute Gasteiger partial charge is 0.271 e. The highest BCUT2D eigenvalue weighted by Gasteiger charge is 2.13. The van der Waals surface area contributed by atoms with Gasteiger partial charge in [-0.25, -0.2) is 0 Å². The second-order valence-electron chi connectivity index (χ2n) is 4.71. The van der Waals surface area contributed by atoms with Crippen LogP contribution in [0.4, 0.5) is 0 Å². The Morgan fingerprint density at radius 3 is 2.50 bits per heavy atom. The van der Waals surface area contributed by atoms with Gasteiger partial charge in [0.15, 0.2) is 0 Å². The van der Waals surface area contributed by atoms with E-state index in [1.807, 2.05) is 0 Å². The van der Waals surface area contributed by atoms with Gasteiger partial charge in [-0.2, -0.15) is 15.4 Å². The third kappa shape index (κ3) is 2.94. The fraction of sp³-hybridized carbons (Fsp3) is 0.385. The SMILES string of the molecule is CC(C)c1ccc(CC(NN)c2cn[nH]n2)cc1. The maximum Gasteiger partial charge on any atom is 0.101 e. The molecule has 0 aliphatic rings. The number of hydrazine groups is 1. The van der Waals surface area contributed by atoms with Crippen molar-refractivity contribution in [2.75, 3.05) is 0 Å². The van der Waals surface area contributed by atoms with Gasteiger partial charge in [-0.3, -0.25) is 11.3 Å². The minimum atomic E-state index is -0.0198. The fourth-order valence-electron chi connectivity index (χ4n) is 1.90. The highest BCUT2D eigenvalue weighted by molar-refractivity contribution is 5.26. The lowest BCUT2D eigenvalue weighted by Crippen LogP contribution is -2.29. The summed E-state index contributed by atoms with van der Waals surface area (Å²) in [6, 6.07) is 8.58. The van der Waals surface area contributed by atoms with Gasteiger partial charge in [0, 0.05) is 0 Å². The molecule has 1 heterocycles. The molecule has 0 amide bonds. The van der Waals surface area contributed by atoms with Gasteiger partial charge in [0.2, 0.25) is 0 Å². The second-order valence-corrected chi connectivity index (χ2v) is 4.71. The number of H-pyrrole nitrogens is 1. The van der Waals surface area contributed by atoms with Gasteiger partial charge in [-0.15, -0.1) is 0 Å². The average Bonchev–Trinajstić information content (AvgIpc) is 2.90. The predicted molar refractivity (Wildman–Crippen MR) is 70.7 cm³/mol. The topological polar surface area (TPSA) is 79.6 Å². The van der Waals surface area contributed by atoms with Crippen molar-refractivity contribution < 1.29 is 0 Å². The normalized spacial score (nSPS) is 12.9. The Balaban J connectivity index is 2.08. The van der Waals surface area contributed by atoms with Crippen LogP contribution in [0, 0.1) is 0 Å². The van der Waals surface area contributed by atoms with Crippen molar-refractivity contribution in [3.8, 4) is 0 Å². The number of aromatic amines is 1. The third-order valence-corrected chi connectivity index (χ3v) is 3.08. The first-order valence-corrected chi connectivity index (χ1v) is 6.11. The van der Waals surface area contributed by atoms with Crippen molar-refractivity contribution in [1.29, 1.82) is 0 Å². The van der Waals surface area contributed by atoms with Gasteiger partial charge in [-0.1, -0.05) is 38.1 Å². The summed E-state index contributed by atoms with van der Waals surface area (Å²) in [7, 11) is 0. The summed E-state index contributed by atoms with van der Waals surface area (Å²) < 4.78 is 0. The monoisotopic (exact) mass is 245 g/mol. The minimum Gasteiger partial charge on any atom is -0.271 e. The highest BCUT2D eigenvalue weighted by Crippen LogP contribution is 2.18. The molecule has 0 saturated heterocycles. The zero-order valence-corrected chi connectivity index (χ0v) is 10.7. The number of hydrogen-bond acceptors (Lipinski definition) is 4. The third-order valence-electron chi connectivity index (χ3n) is 3.08. The number of nitrogens with one attached hydrogen (secondary N) is 2. The zero-order valence-electron chi connectivity index (χ0n) is 10.7. The van der Waals surface area contributed by atoms with E-state index in [0.29, 0.717) is 5.92 Å². The first-order chi connectivity index (χ1) is 8.70. The van der Waals surface area contributed by atoms with Gasteiger partial charge in [-0.05, 0) is 23.5 Å². The van der Waals surface area contributed by atoms with Crippen molar-refractivity contribution in [2.24, 2.45) is 5.84 Å². The van der Waals surface area contributed by atoms with E-state index < -0.39 is 0 Å². The van der Waals surface area contributed by atoms with Crippen LogP contribution >= 0.6 is 0 Å². The van der Waals surface area contributed by atoms with Crippen molar-refractivity contribution >= 4 is 0 Å². The molecule has 96 valence electrons. The number of hydrogen-bond donors (Lipinski definition) is 3. The molecule has 0 saturated carbocycles. The Kier molecular flexibility index (Phi) is 4.07. The molecular weight excluding hydrogens is 226 g/mol. The van der Waals surface area contributed by atoms with Crippen molar-refractivity contribution in [1.82, 2.24) is 20.8 Å². The van der Waals surface area contributed by atoms with Gasteiger partial charge in [0.1, 0.15) is 5.69 Å². The van der Waals surface area contributed by atoms with E-state index >= 15 is 0 Å². The van der Waals surface area contributed by atoms with Crippen LogP contribution in [-0.4, -0.2) is 15.4 Å². The molecule has 0 aliphatic heterocycles. The fourth-order valence-corrected chi connectivity index (χ4v) is 1.90. The molecule has 0 radical (unpaired) electrons. The molecule has 4 N–H and O–H groups in total. The van der Waals surface area contributed by atoms with E-state index in [2.05, 4.69) is 58.9 Å². The molecule has 1 aromatic heterocycles. The van der Waals surface area contributed by atoms with Gasteiger partial charge >= 0.3 is 0 Å². The molecule has 0 bridgehead atoms. The lowest BCUT2D eigenvalue weighted by atomic mass is 9.98. The maximum atomic E-state index is 5.56. The Morgan fingerprint density at radius 1 is 1.28 bits per heavy atom. The van der Waals surface area contributed by atoms with Crippen molar-refractivity contribution in [3.63, 3.8) is 0 Å². The van der Waals surface area contributed by atoms with Crippen LogP contribution in [0.2, 0.25) is 0 Å². The molecule has 1 unspecified atom stereocenters. The van der Waals surface area contributed by atoms with Crippen LogP contribution in [0.25, 0.3) is 0 Å². The van der Waals surface area contributed by atoms with Crippen molar-refractivity contribution in [3.05, 3.63) is 47.3 Å². The van der Waals surface area contributed by atoms with E-state index in [1.165, 1.54) is 11.1 Å². The van der Waals surface area contributed by atoms with Crippen LogP contribution < -0.4 is 11.3 Å². The molecule has 1 aromatic carbocycles. The van der Waals surface area contributed by atoms with Crippen molar-refractivity contribution in [2.45, 2.75) is 32.2 Å². The summed E-state index contributed by atoms with van der Waals surface area (Å²) in [6.45, 7) is 4.38. The lowest BCUT2D eigenvalue weighted by molar-refractivity contribution is 0.537. The van der Waals surface area contributed by atoms with Gasteiger partial charge < -0.3 is 0 Å². The molecule has 18 heavy (non-hydrogen) atoms. The van der Waals surface area contributed by atoms with E-state index in [9.17, 15) is 0 Å². The van der Waals surface area contributed by atoms with Gasteiger partial charge in [0.25, 0.3) is 0 Å². The Bertz CT molecular complexity index is 461. The summed E-state index contributed by atoms with van der Waals surface area (Å²) in [5.41, 5.74) is 6.16. The standard InChI is InChI=1S/C13H19N5/c1-9(2)11-5-3-10(4-6-11)7-12(16-14)13-8-15-18-17-13/h3-6,8-9,12,16H,7,14H2,1-2H3,(H,15,17,18). The molecule has 0 spiro atoms. The molecule has 5 heteroatoms. The van der Waals surface area contributed by atoms with E-state index in [0.717, 1.165) is 12.1 Å². The summed E-state index contributed by atoms with van der Waals surface area (Å²) in [4.78, 5) is 0. The molecule has 0 fully saturated rings. The number of nitrogens with two attached hydrogens (primary N) is 1. The van der Waals surface area contributed by atoms with E-state index in [-0.39, 0.29) is 6.04 Å². The second kappa shape index (κ2) is 5.75. The smallest absolute Gasteiger partial charge is 0.101 e. The summed E-state index contributed by atoms with van der Waals surface area (Å²) in [6.07, 6.45) is 2.48. The Labute approximate surface area is 107 Å². The maximum absolute atomic E-state index is 5.56. The zero-order chi connectivity index (χ0) is 13.0. The van der Waals surface area contributed by atoms with Crippen LogP contribution in [0.1, 0.15) is 42.6 Å². The number of nitrogens with zero attached hydrogens (tertiary/aromatic N) is 2. The summed E-state index contributed by atoms with van der Waals surface area (Å²) in [5.74, 6) is 6.11. The van der Waals surface area contributed by atoms with E-state index in [1.54, 1.807) is 6.20 Å². The molecular formula is C13H19N5. The van der Waals surface area contributed by atoms with Crippen LogP contribution in [-0.2, 0) is 6.42 Å². The molecule has 5 nitrogen and oxygen atoms in total. The number of aromatic nitrogens is 3. The molecule has 0 aliphatic carbocycles. The summed E-state index contributed by atoms with van der Waals surface area (Å²) in [5, 5.41) is 10.4. The minimum absolute atomic E-state index is 0.0198. The Morgan fingerprint density at radius 2 is 2.00 bits per heavy atom. The lowest BCUT2D eigenvalue weighted by Gasteiger charge is -2.13. The molecule has 1 atom stereocenters. The first kappa shape index (κ1) is 12.7. The average molecular weight is 245 g/mol. The summed E-state index contributed by atoms with van der Waals surface area (Å²) >= 11 is 0. The quantitative estimate of drug-likeness (QED) is 0.553. The predicted octanol–water partition coefficient (Wildman–Crippen LogP) is 1.68. The first-order valence-electron chi connectivity index (χ1n) is 6.11. The Hall–Kier alpha value is -1.72. The highest BCUT2D eigenvalue weighted by atomic mass is 15.3.